The van der Waals surface area contributed by atoms with Crippen molar-refractivity contribution < 1.29 is 21.7 Å². The summed E-state index contributed by atoms with van der Waals surface area (Å²) < 4.78 is 33.7. The van der Waals surface area contributed by atoms with Crippen LogP contribution in [0.4, 0.5) is 0 Å². The molecule has 0 aliphatic carbocycles. The minimum absolute atomic E-state index is 0.678. The molecular formula is C41H80N2O4S. The summed E-state index contributed by atoms with van der Waals surface area (Å²) in [6, 6.07) is 0.678. The van der Waals surface area contributed by atoms with E-state index in [1.54, 1.807) is 5.84 Å². The molecule has 1 aliphatic heterocycles. The van der Waals surface area contributed by atoms with Gasteiger partial charge in [0.05, 0.1) is 13.7 Å². The Hall–Kier alpha value is -1.18. The van der Waals surface area contributed by atoms with Gasteiger partial charge in [-0.1, -0.05) is 147 Å². The van der Waals surface area contributed by atoms with E-state index in [0.29, 0.717) is 6.04 Å². The van der Waals surface area contributed by atoms with Crippen LogP contribution in [0.3, 0.4) is 0 Å². The summed E-state index contributed by atoms with van der Waals surface area (Å²) in [5.41, 5.74) is 0. The topological polar surface area (TPSA) is 81.5 Å². The zero-order chi connectivity index (χ0) is 35.4. The fourth-order valence-corrected chi connectivity index (χ4v) is 6.40. The van der Waals surface area contributed by atoms with Crippen molar-refractivity contribution in [2.75, 3.05) is 20.2 Å². The summed E-state index contributed by atoms with van der Waals surface area (Å²) in [4.78, 5) is 0. The Kier molecular flexibility index (Phi) is 34.8. The van der Waals surface area contributed by atoms with Crippen molar-refractivity contribution in [2.45, 2.75) is 213 Å². The van der Waals surface area contributed by atoms with Gasteiger partial charge in [-0.25, -0.2) is 8.42 Å². The van der Waals surface area contributed by atoms with E-state index in [-0.39, 0.29) is 0 Å². The molecule has 0 spiro atoms. The number of allylic oxidation sites excluding steroid dienone is 4. The van der Waals surface area contributed by atoms with E-state index >= 15 is 0 Å². The fraction of sp³-hybridized carbons (Fsp3) is 0.878. The lowest BCUT2D eigenvalue weighted by atomic mass is 10.1. The highest BCUT2D eigenvalue weighted by molar-refractivity contribution is 7.80. The van der Waals surface area contributed by atoms with Crippen molar-refractivity contribution in [2.24, 2.45) is 0 Å². The number of unbranched alkanes of at least 4 members (excludes halogenated alkanes) is 24. The Bertz CT molecular complexity index is 885. The van der Waals surface area contributed by atoms with Crippen LogP contribution in [0.5, 0.6) is 0 Å². The standard InChI is InChI=1S/C40H76N2.CH4O4S/c1-4-6-8-10-12-14-16-18-20-22-24-26-28-30-32-34-36-40-41-38-39(3)42(40)37-35-33-31-29-27-25-23-21-19-17-15-13-11-9-7-5-2;1-5-6(2,3)4/h18-21,39H,4-17,22-38H2,1-3H3;1H3,(H,2,3,4)/b20-18-,21-19-;. The van der Waals surface area contributed by atoms with E-state index in [9.17, 15) is 13.0 Å². The summed E-state index contributed by atoms with van der Waals surface area (Å²) in [5, 5.41) is 3.74. The average Bonchev–Trinajstić information content (AvgIpc) is 3.42. The maximum atomic E-state index is 9.22. The van der Waals surface area contributed by atoms with E-state index in [1.165, 1.54) is 193 Å². The van der Waals surface area contributed by atoms with Gasteiger partial charge in [0.15, 0.2) is 0 Å². The third-order valence-electron chi connectivity index (χ3n) is 9.52. The fourth-order valence-electron chi connectivity index (χ4n) is 6.40. The van der Waals surface area contributed by atoms with Crippen LogP contribution >= 0.6 is 0 Å². The Morgan fingerprint density at radius 2 is 0.958 bits per heavy atom. The number of hydrogen-bond donors (Lipinski definition) is 1. The lowest BCUT2D eigenvalue weighted by Crippen LogP contribution is -2.25. The van der Waals surface area contributed by atoms with Crippen LogP contribution in [0.25, 0.3) is 0 Å². The van der Waals surface area contributed by atoms with Crippen molar-refractivity contribution in [3.63, 3.8) is 0 Å². The first kappa shape index (κ1) is 46.8. The van der Waals surface area contributed by atoms with Gasteiger partial charge in [0.1, 0.15) is 12.6 Å². The molecule has 0 radical (unpaired) electrons. The lowest BCUT2D eigenvalue weighted by Gasteiger charge is -2.09. The van der Waals surface area contributed by atoms with E-state index < -0.39 is 10.4 Å². The van der Waals surface area contributed by atoms with Gasteiger partial charge in [-0.15, -0.1) is 0 Å². The first-order valence-electron chi connectivity index (χ1n) is 20.5. The molecule has 1 atom stereocenters. The minimum atomic E-state index is -4.41. The SMILES string of the molecule is CCCCCCCC/C=C\CCCCCCCCC1=[N+](CCCCCCCC/C=C\CCCCCCCC)C(C)CN1.COS(=O)(=O)[O-]. The summed E-state index contributed by atoms with van der Waals surface area (Å²) >= 11 is 0. The van der Waals surface area contributed by atoms with Crippen LogP contribution in [-0.2, 0) is 14.6 Å². The third-order valence-corrected chi connectivity index (χ3v) is 9.93. The molecule has 0 saturated heterocycles. The largest absolute Gasteiger partial charge is 0.726 e. The van der Waals surface area contributed by atoms with Crippen LogP contribution in [0, 0.1) is 0 Å². The van der Waals surface area contributed by atoms with E-state index in [1.807, 2.05) is 0 Å². The van der Waals surface area contributed by atoms with E-state index in [0.717, 1.165) is 13.7 Å². The molecule has 1 unspecified atom stereocenters. The van der Waals surface area contributed by atoms with Crippen LogP contribution in [0.1, 0.15) is 207 Å². The monoisotopic (exact) mass is 697 g/mol. The molecule has 48 heavy (non-hydrogen) atoms. The minimum Gasteiger partial charge on any atom is -0.726 e. The average molecular weight is 697 g/mol. The first-order valence-corrected chi connectivity index (χ1v) is 21.9. The van der Waals surface area contributed by atoms with Gasteiger partial charge in [-0.2, -0.15) is 0 Å². The summed E-state index contributed by atoms with van der Waals surface area (Å²) in [6.07, 6.45) is 49.9. The van der Waals surface area contributed by atoms with Crippen molar-refractivity contribution in [1.29, 1.82) is 0 Å². The normalized spacial score (nSPS) is 15.1. The highest BCUT2D eigenvalue weighted by Gasteiger charge is 2.26. The van der Waals surface area contributed by atoms with Gasteiger partial charge in [-0.05, 0) is 77.6 Å². The van der Waals surface area contributed by atoms with Crippen molar-refractivity contribution in [3.05, 3.63) is 24.3 Å². The highest BCUT2D eigenvalue weighted by Crippen LogP contribution is 2.14. The number of amidine groups is 1. The molecule has 0 aromatic heterocycles. The van der Waals surface area contributed by atoms with Crippen LogP contribution in [0.15, 0.2) is 24.3 Å². The lowest BCUT2D eigenvalue weighted by molar-refractivity contribution is -0.553. The van der Waals surface area contributed by atoms with Gasteiger partial charge < -0.3 is 4.55 Å². The smallest absolute Gasteiger partial charge is 0.245 e. The van der Waals surface area contributed by atoms with Crippen molar-refractivity contribution in [1.82, 2.24) is 5.32 Å². The first-order chi connectivity index (χ1) is 23.4. The summed E-state index contributed by atoms with van der Waals surface area (Å²) in [7, 11) is -3.60. The van der Waals surface area contributed by atoms with Crippen LogP contribution in [-0.4, -0.2) is 49.6 Å². The quantitative estimate of drug-likeness (QED) is 0.0243. The third kappa shape index (κ3) is 33.3. The van der Waals surface area contributed by atoms with Crippen LogP contribution < -0.4 is 5.32 Å². The maximum absolute atomic E-state index is 9.22. The number of hydrogen-bond acceptors (Lipinski definition) is 5. The maximum Gasteiger partial charge on any atom is 0.245 e. The van der Waals surface area contributed by atoms with Gasteiger partial charge in [-0.3, -0.25) is 14.1 Å². The molecule has 1 heterocycles. The Labute approximate surface area is 300 Å². The van der Waals surface area contributed by atoms with Gasteiger partial charge in [0, 0.05) is 6.42 Å². The Morgan fingerprint density at radius 3 is 1.33 bits per heavy atom. The molecule has 6 nitrogen and oxygen atoms in total. The number of nitrogens with zero attached hydrogens (tertiary/aromatic N) is 1. The zero-order valence-corrected chi connectivity index (χ0v) is 33.1. The predicted molar refractivity (Wildman–Crippen MR) is 208 cm³/mol. The molecule has 0 aromatic rings. The molecule has 0 saturated carbocycles. The second kappa shape index (κ2) is 35.6. The molecule has 7 heteroatoms. The zero-order valence-electron chi connectivity index (χ0n) is 32.3. The van der Waals surface area contributed by atoms with E-state index in [2.05, 4.69) is 59.2 Å². The Balaban J connectivity index is 0.00000335. The second-order valence-corrected chi connectivity index (χ2v) is 15.2. The number of nitrogens with one attached hydrogen (secondary N) is 1. The molecule has 284 valence electrons. The van der Waals surface area contributed by atoms with Gasteiger partial charge >= 0.3 is 0 Å². The number of rotatable bonds is 33. The predicted octanol–water partition coefficient (Wildman–Crippen LogP) is 11.9. The molecule has 1 aliphatic rings. The molecule has 0 fully saturated rings. The molecule has 0 bridgehead atoms. The van der Waals surface area contributed by atoms with Crippen molar-refractivity contribution in [3.8, 4) is 0 Å². The second-order valence-electron chi connectivity index (χ2n) is 14.1. The molecule has 0 amide bonds. The molecule has 1 N–H and O–H groups in total. The highest BCUT2D eigenvalue weighted by atomic mass is 32.3. The molecule has 1 rings (SSSR count). The van der Waals surface area contributed by atoms with Crippen LogP contribution in [0.2, 0.25) is 0 Å². The van der Waals surface area contributed by atoms with Gasteiger partial charge in [0.2, 0.25) is 16.2 Å². The molecule has 0 aromatic carbocycles. The summed E-state index contributed by atoms with van der Waals surface area (Å²) in [5.74, 6) is 1.55. The van der Waals surface area contributed by atoms with E-state index in [4.69, 9.17) is 0 Å². The summed E-state index contributed by atoms with van der Waals surface area (Å²) in [6.45, 7) is 9.41. The Morgan fingerprint density at radius 1 is 0.625 bits per heavy atom. The van der Waals surface area contributed by atoms with Gasteiger partial charge in [0.25, 0.3) is 0 Å². The van der Waals surface area contributed by atoms with Crippen molar-refractivity contribution >= 4 is 16.2 Å². The molecular weight excluding hydrogens is 617 g/mol.